The summed E-state index contributed by atoms with van der Waals surface area (Å²) in [6, 6.07) is 21.3. The quantitative estimate of drug-likeness (QED) is 0.152. The third-order valence-electron chi connectivity index (χ3n) is 5.43. The van der Waals surface area contributed by atoms with Crippen LogP contribution >= 0.6 is 0 Å². The molecule has 0 atom stereocenters. The van der Waals surface area contributed by atoms with Crippen molar-refractivity contribution >= 4 is 43.5 Å². The van der Waals surface area contributed by atoms with Crippen LogP contribution in [0.3, 0.4) is 0 Å². The largest absolute Gasteiger partial charge is 0.744 e. The summed E-state index contributed by atoms with van der Waals surface area (Å²) < 4.78 is 62.9. The summed E-state index contributed by atoms with van der Waals surface area (Å²) in [4.78, 5) is 19.5. The van der Waals surface area contributed by atoms with Gasteiger partial charge in [-0.15, -0.1) is 0 Å². The number of quaternary nitrogens is 2. The van der Waals surface area contributed by atoms with Crippen molar-refractivity contribution in [1.82, 2.24) is 0 Å². The van der Waals surface area contributed by atoms with E-state index in [2.05, 4.69) is 35.7 Å². The van der Waals surface area contributed by atoms with Gasteiger partial charge in [0.15, 0.2) is 0 Å². The molecule has 4 aromatic carbocycles. The Hall–Kier alpha value is -4.88. The molecule has 0 fully saturated rings. The first-order chi connectivity index (χ1) is 19.9. The summed E-state index contributed by atoms with van der Waals surface area (Å²) in [5.41, 5.74) is 11.3. The van der Waals surface area contributed by atoms with Crippen LogP contribution in [-0.2, 0) is 26.7 Å². The second-order valence-electron chi connectivity index (χ2n) is 8.69. The van der Waals surface area contributed by atoms with E-state index in [0.29, 0.717) is 12.1 Å². The van der Waals surface area contributed by atoms with E-state index in [1.54, 1.807) is 0 Å². The van der Waals surface area contributed by atoms with Crippen molar-refractivity contribution in [3.05, 3.63) is 107 Å². The maximum absolute atomic E-state index is 10.5. The van der Waals surface area contributed by atoms with Gasteiger partial charge in [-0.3, -0.25) is 0 Å². The Labute approximate surface area is 251 Å². The number of aromatic carboxylic acids is 2. The van der Waals surface area contributed by atoms with Gasteiger partial charge in [-0.05, 0) is 78.2 Å². The number of aromatic hydroxyl groups is 2. The summed E-state index contributed by atoms with van der Waals surface area (Å²) in [6.45, 7) is 0. The number of rotatable bonds is 6. The molecule has 15 nitrogen and oxygen atoms in total. The Morgan fingerprint density at radius 1 is 0.591 bits per heavy atom. The van der Waals surface area contributed by atoms with E-state index in [1.807, 2.05) is 24.3 Å². The molecule has 0 bridgehead atoms. The molecule has 12 N–H and O–H groups in total. The molecule has 0 radical (unpaired) electrons. The number of benzene rings is 4. The van der Waals surface area contributed by atoms with Gasteiger partial charge in [0.25, 0.3) is 0 Å². The number of carboxylic acids is 2. The van der Waals surface area contributed by atoms with Crippen LogP contribution in [0.2, 0.25) is 0 Å². The van der Waals surface area contributed by atoms with Crippen molar-refractivity contribution in [2.24, 2.45) is 0 Å². The van der Waals surface area contributed by atoms with Gasteiger partial charge in [0.05, 0.1) is 9.79 Å². The molecular formula is C27H28N2O13S2. The molecule has 4 rings (SSSR count). The maximum atomic E-state index is 10.5. The fraction of sp³-hybridized carbons (Fsp3) is 0.0370. The molecule has 0 saturated carbocycles. The Balaban J connectivity index is 0.000000327. The Morgan fingerprint density at radius 2 is 0.886 bits per heavy atom. The maximum Gasteiger partial charge on any atom is 0.339 e. The number of phenols is 2. The van der Waals surface area contributed by atoms with E-state index in [-0.39, 0.29) is 5.48 Å². The van der Waals surface area contributed by atoms with Crippen molar-refractivity contribution in [2.75, 3.05) is 0 Å². The van der Waals surface area contributed by atoms with E-state index in [1.165, 1.54) is 11.1 Å². The topological polar surface area (TPSA) is 316 Å². The van der Waals surface area contributed by atoms with Crippen LogP contribution in [0.4, 0.5) is 11.4 Å². The second-order valence-corrected chi connectivity index (χ2v) is 11.4. The summed E-state index contributed by atoms with van der Waals surface area (Å²) in [5, 5.41) is 35.0. The fourth-order valence-electron chi connectivity index (χ4n) is 3.23. The lowest BCUT2D eigenvalue weighted by molar-refractivity contribution is -0.255. The van der Waals surface area contributed by atoms with Gasteiger partial charge in [0, 0.05) is 0 Å². The summed E-state index contributed by atoms with van der Waals surface area (Å²) >= 11 is 0. The molecule has 0 saturated heterocycles. The molecule has 17 heteroatoms. The lowest BCUT2D eigenvalue weighted by Gasteiger charge is -2.08. The second kappa shape index (κ2) is 15.5. The molecule has 0 aliphatic rings. The highest BCUT2D eigenvalue weighted by Crippen LogP contribution is 2.22. The highest BCUT2D eigenvalue weighted by molar-refractivity contribution is 7.86. The van der Waals surface area contributed by atoms with Gasteiger partial charge in [-0.1, -0.05) is 24.3 Å². The van der Waals surface area contributed by atoms with Crippen LogP contribution in [0.5, 0.6) is 11.5 Å². The van der Waals surface area contributed by atoms with Gasteiger partial charge in [0.2, 0.25) is 0 Å². The average Bonchev–Trinajstić information content (AvgIpc) is 2.91. The van der Waals surface area contributed by atoms with Gasteiger partial charge in [-0.2, -0.15) is 0 Å². The van der Waals surface area contributed by atoms with E-state index in [9.17, 15) is 35.5 Å². The van der Waals surface area contributed by atoms with Crippen LogP contribution < -0.4 is 11.5 Å². The summed E-state index contributed by atoms with van der Waals surface area (Å²) in [7, 11) is -9.40. The number of carbonyl (C=O) groups is 2. The molecular weight excluding hydrogens is 624 g/mol. The van der Waals surface area contributed by atoms with Gasteiger partial charge >= 0.3 is 11.9 Å². The molecule has 0 aromatic heterocycles. The molecule has 0 spiro atoms. The van der Waals surface area contributed by atoms with Crippen molar-refractivity contribution in [3.8, 4) is 11.5 Å². The first-order valence-electron chi connectivity index (χ1n) is 11.7. The average molecular weight is 653 g/mol. The van der Waals surface area contributed by atoms with E-state index >= 15 is 0 Å². The van der Waals surface area contributed by atoms with Crippen molar-refractivity contribution < 1.29 is 72.9 Å². The first-order valence-corrected chi connectivity index (χ1v) is 14.6. The number of hydrogen-bond donors (Lipinski definition) is 6. The summed E-state index contributed by atoms with van der Waals surface area (Å²) in [6.07, 6.45) is 0.973. The molecule has 4 aromatic rings. The fourth-order valence-corrected chi connectivity index (χ4v) is 4.23. The molecule has 0 aliphatic carbocycles. The normalized spacial score (nSPS) is 10.6. The van der Waals surface area contributed by atoms with Crippen LogP contribution in [0.1, 0.15) is 31.8 Å². The SMILES string of the molecule is O.O=C(O)c1cc(S(=O)(=O)[O-])ccc1O.O=C(O)c1cc(S(=O)(=O)[O-])ccc1O.[NH3+]c1ccc(Cc2ccc([NH3+])cc2)cc1. The molecule has 0 heterocycles. The van der Waals surface area contributed by atoms with E-state index in [4.69, 9.17) is 20.4 Å². The highest BCUT2D eigenvalue weighted by Gasteiger charge is 2.13. The first kappa shape index (κ1) is 37.1. The monoisotopic (exact) mass is 652 g/mol. The van der Waals surface area contributed by atoms with E-state index < -0.39 is 64.6 Å². The zero-order valence-electron chi connectivity index (χ0n) is 22.6. The number of carboxylic acid groups (broad SMARTS) is 2. The lowest BCUT2D eigenvalue weighted by Crippen LogP contribution is -2.39. The molecule has 44 heavy (non-hydrogen) atoms. The van der Waals surface area contributed by atoms with Gasteiger partial charge in [0.1, 0.15) is 54.2 Å². The predicted octanol–water partition coefficient (Wildman–Crippen LogP) is 0.189. The van der Waals surface area contributed by atoms with Crippen molar-refractivity contribution in [2.45, 2.75) is 16.2 Å². The zero-order valence-corrected chi connectivity index (χ0v) is 24.2. The van der Waals surface area contributed by atoms with Crippen molar-refractivity contribution in [3.63, 3.8) is 0 Å². The third-order valence-corrected chi connectivity index (χ3v) is 7.09. The predicted molar refractivity (Wildman–Crippen MR) is 150 cm³/mol. The third kappa shape index (κ3) is 11.4. The highest BCUT2D eigenvalue weighted by atomic mass is 32.2. The molecule has 236 valence electrons. The molecule has 0 unspecified atom stereocenters. The van der Waals surface area contributed by atoms with Gasteiger partial charge in [-0.25, -0.2) is 26.4 Å². The van der Waals surface area contributed by atoms with E-state index in [0.717, 1.165) is 42.1 Å². The van der Waals surface area contributed by atoms with Gasteiger partial charge < -0.3 is 46.5 Å². The smallest absolute Gasteiger partial charge is 0.339 e. The van der Waals surface area contributed by atoms with Crippen LogP contribution in [0.25, 0.3) is 0 Å². The Morgan fingerprint density at radius 3 is 1.14 bits per heavy atom. The summed E-state index contributed by atoms with van der Waals surface area (Å²) in [5.74, 6) is -4.20. The number of hydrogen-bond acceptors (Lipinski definition) is 10. The Kier molecular flexibility index (Phi) is 13.1. The molecule has 0 aliphatic heterocycles. The zero-order chi connectivity index (χ0) is 32.5. The lowest BCUT2D eigenvalue weighted by atomic mass is 10.0. The van der Waals surface area contributed by atoms with Crippen LogP contribution in [-0.4, -0.2) is 63.8 Å². The Bertz CT molecular complexity index is 1690. The minimum absolute atomic E-state index is 0. The van der Waals surface area contributed by atoms with Crippen LogP contribution in [0, 0.1) is 0 Å². The van der Waals surface area contributed by atoms with Crippen LogP contribution in [0.15, 0.2) is 94.7 Å². The minimum atomic E-state index is -4.70. The van der Waals surface area contributed by atoms with Crippen molar-refractivity contribution in [1.29, 1.82) is 0 Å². The minimum Gasteiger partial charge on any atom is -0.744 e. The standard InChI is InChI=1S/C13H14N2.2C7H6O6S.H2O/c14-12-5-1-10(2-6-12)9-11-3-7-13(15)8-4-11;2*8-6-2-1-4(14(11,12)13)3-5(6)7(9)10;/h1-8H,9,14-15H2;2*1-3,8H,(H,9,10)(H,11,12,13);1H2. The molecule has 0 amide bonds.